The van der Waals surface area contributed by atoms with Crippen molar-refractivity contribution in [3.63, 3.8) is 0 Å². The maximum atomic E-state index is 12.3. The quantitative estimate of drug-likeness (QED) is 0.427. The van der Waals surface area contributed by atoms with Gasteiger partial charge in [0.2, 0.25) is 15.9 Å². The van der Waals surface area contributed by atoms with E-state index in [-0.39, 0.29) is 24.2 Å². The topological polar surface area (TPSA) is 84.5 Å². The minimum atomic E-state index is -3.43. The molecule has 6 nitrogen and oxygen atoms in total. The van der Waals surface area contributed by atoms with Crippen LogP contribution in [0.5, 0.6) is 5.75 Å². The van der Waals surface area contributed by atoms with Gasteiger partial charge in [0, 0.05) is 24.4 Å². The van der Waals surface area contributed by atoms with Crippen molar-refractivity contribution >= 4 is 26.7 Å². The number of rotatable bonds is 11. The third-order valence-electron chi connectivity index (χ3n) is 4.91. The van der Waals surface area contributed by atoms with Crippen molar-refractivity contribution in [2.45, 2.75) is 45.0 Å². The number of nitrogens with one attached hydrogen (secondary N) is 2. The predicted molar refractivity (Wildman–Crippen MR) is 128 cm³/mol. The van der Waals surface area contributed by atoms with Crippen molar-refractivity contribution in [1.29, 1.82) is 0 Å². The van der Waals surface area contributed by atoms with Gasteiger partial charge in [-0.3, -0.25) is 4.79 Å². The Kier molecular flexibility index (Phi) is 8.25. The second-order valence-electron chi connectivity index (χ2n) is 8.01. The molecule has 0 atom stereocenters. The van der Waals surface area contributed by atoms with Crippen LogP contribution in [0, 0.1) is 0 Å². The van der Waals surface area contributed by atoms with Crippen LogP contribution in [-0.4, -0.2) is 27.0 Å². The summed E-state index contributed by atoms with van der Waals surface area (Å²) in [6, 6.07) is 21.0. The van der Waals surface area contributed by atoms with Gasteiger partial charge in [0.25, 0.3) is 0 Å². The summed E-state index contributed by atoms with van der Waals surface area (Å²) < 4.78 is 33.0. The molecule has 0 bridgehead atoms. The number of sulfonamides is 1. The second kappa shape index (κ2) is 11.1. The van der Waals surface area contributed by atoms with E-state index < -0.39 is 10.0 Å². The Labute approximate surface area is 190 Å². The first-order valence-corrected chi connectivity index (χ1v) is 12.4. The molecule has 32 heavy (non-hydrogen) atoms. The van der Waals surface area contributed by atoms with Crippen molar-refractivity contribution in [2.24, 2.45) is 0 Å². The summed E-state index contributed by atoms with van der Waals surface area (Å²) >= 11 is 0. The van der Waals surface area contributed by atoms with Crippen LogP contribution in [-0.2, 0) is 27.1 Å². The summed E-state index contributed by atoms with van der Waals surface area (Å²) in [6.45, 7) is 4.30. The zero-order valence-corrected chi connectivity index (χ0v) is 19.3. The number of fused-ring (bicyclic) bond motifs is 1. The van der Waals surface area contributed by atoms with Crippen LogP contribution < -0.4 is 14.8 Å². The summed E-state index contributed by atoms with van der Waals surface area (Å²) in [7, 11) is -3.43. The molecule has 170 valence electrons. The van der Waals surface area contributed by atoms with Gasteiger partial charge in [-0.1, -0.05) is 60.7 Å². The highest BCUT2D eigenvalue weighted by Gasteiger charge is 2.15. The first-order chi connectivity index (χ1) is 15.3. The summed E-state index contributed by atoms with van der Waals surface area (Å²) in [5.41, 5.74) is 1.47. The molecule has 3 aromatic carbocycles. The molecular formula is C25H30N2O4S. The van der Waals surface area contributed by atoms with Crippen molar-refractivity contribution in [2.75, 3.05) is 6.61 Å². The number of carbonyl (C=O) groups is 1. The van der Waals surface area contributed by atoms with Crippen molar-refractivity contribution < 1.29 is 17.9 Å². The van der Waals surface area contributed by atoms with E-state index in [2.05, 4.69) is 10.0 Å². The van der Waals surface area contributed by atoms with Gasteiger partial charge >= 0.3 is 0 Å². The Bertz CT molecular complexity index is 1150. The van der Waals surface area contributed by atoms with Crippen LogP contribution >= 0.6 is 0 Å². The molecule has 1 amide bonds. The smallest absolute Gasteiger partial charge is 0.220 e. The van der Waals surface area contributed by atoms with E-state index in [1.165, 1.54) is 0 Å². The van der Waals surface area contributed by atoms with Gasteiger partial charge in [-0.15, -0.1) is 0 Å². The molecule has 0 aromatic heterocycles. The van der Waals surface area contributed by atoms with E-state index in [1.54, 1.807) is 26.0 Å². The average molecular weight is 455 g/mol. The number of carbonyl (C=O) groups excluding carboxylic acids is 1. The van der Waals surface area contributed by atoms with Crippen LogP contribution in [0.3, 0.4) is 0 Å². The van der Waals surface area contributed by atoms with E-state index in [4.69, 9.17) is 4.74 Å². The molecule has 0 aliphatic heterocycles. The van der Waals surface area contributed by atoms with Crippen LogP contribution in [0.25, 0.3) is 10.8 Å². The van der Waals surface area contributed by atoms with Crippen LogP contribution in [0.4, 0.5) is 0 Å². The Balaban J connectivity index is 1.47. The summed E-state index contributed by atoms with van der Waals surface area (Å²) in [5, 5.41) is 5.06. The number of hydrogen-bond acceptors (Lipinski definition) is 4. The summed E-state index contributed by atoms with van der Waals surface area (Å²) in [5.74, 6) is 0.606. The zero-order chi connectivity index (χ0) is 23.0. The maximum Gasteiger partial charge on any atom is 0.220 e. The molecule has 3 aromatic rings. The fourth-order valence-electron chi connectivity index (χ4n) is 3.49. The summed E-state index contributed by atoms with van der Waals surface area (Å²) in [6.07, 6.45) is 0.920. The molecule has 0 spiro atoms. The van der Waals surface area contributed by atoms with Crippen LogP contribution in [0.2, 0.25) is 0 Å². The van der Waals surface area contributed by atoms with E-state index >= 15 is 0 Å². The third-order valence-corrected chi connectivity index (χ3v) is 6.43. The lowest BCUT2D eigenvalue weighted by atomic mass is 10.1. The Morgan fingerprint density at radius 3 is 2.41 bits per heavy atom. The molecule has 0 aliphatic carbocycles. The molecule has 0 aliphatic rings. The SMILES string of the molecule is CC(C)NS(=O)(=O)Cc1ccccc1CNC(=O)CCCOc1cccc2ccccc12. The fraction of sp³-hybridized carbons (Fsp3) is 0.320. The van der Waals surface area contributed by atoms with Gasteiger partial charge in [-0.25, -0.2) is 13.1 Å². The van der Waals surface area contributed by atoms with Gasteiger partial charge in [-0.2, -0.15) is 0 Å². The zero-order valence-electron chi connectivity index (χ0n) is 18.5. The molecular weight excluding hydrogens is 424 g/mol. The molecule has 7 heteroatoms. The van der Waals surface area contributed by atoms with Crippen molar-refractivity contribution in [3.05, 3.63) is 77.9 Å². The van der Waals surface area contributed by atoms with Gasteiger partial charge in [0.05, 0.1) is 12.4 Å². The van der Waals surface area contributed by atoms with Crippen molar-refractivity contribution in [1.82, 2.24) is 10.0 Å². The molecule has 0 heterocycles. The lowest BCUT2D eigenvalue weighted by Crippen LogP contribution is -2.32. The third kappa shape index (κ3) is 7.07. The lowest BCUT2D eigenvalue weighted by Gasteiger charge is -2.13. The highest BCUT2D eigenvalue weighted by molar-refractivity contribution is 7.88. The fourth-order valence-corrected chi connectivity index (χ4v) is 4.99. The van der Waals surface area contributed by atoms with Gasteiger partial charge in [-0.05, 0) is 42.8 Å². The van der Waals surface area contributed by atoms with Gasteiger partial charge in [0.1, 0.15) is 5.75 Å². The number of amides is 1. The first-order valence-electron chi connectivity index (χ1n) is 10.8. The molecule has 0 radical (unpaired) electrons. The molecule has 0 saturated heterocycles. The van der Waals surface area contributed by atoms with Gasteiger partial charge in [0.15, 0.2) is 0 Å². The average Bonchev–Trinajstić information content (AvgIpc) is 2.75. The molecule has 0 fully saturated rings. The maximum absolute atomic E-state index is 12.3. The molecule has 2 N–H and O–H groups in total. The van der Waals surface area contributed by atoms with Crippen molar-refractivity contribution in [3.8, 4) is 5.75 Å². The van der Waals surface area contributed by atoms with E-state index in [1.807, 2.05) is 54.6 Å². The van der Waals surface area contributed by atoms with E-state index in [9.17, 15) is 13.2 Å². The number of ether oxygens (including phenoxy) is 1. The predicted octanol–water partition coefficient (Wildman–Crippen LogP) is 4.14. The van der Waals surface area contributed by atoms with Gasteiger partial charge < -0.3 is 10.1 Å². The van der Waals surface area contributed by atoms with Crippen LogP contribution in [0.1, 0.15) is 37.8 Å². The normalized spacial score (nSPS) is 11.6. The monoisotopic (exact) mass is 454 g/mol. The van der Waals surface area contributed by atoms with E-state index in [0.29, 0.717) is 25.0 Å². The second-order valence-corrected chi connectivity index (χ2v) is 9.76. The Hall–Kier alpha value is -2.90. The minimum Gasteiger partial charge on any atom is -0.493 e. The Morgan fingerprint density at radius 1 is 0.938 bits per heavy atom. The highest BCUT2D eigenvalue weighted by Crippen LogP contribution is 2.25. The minimum absolute atomic E-state index is 0.0931. The highest BCUT2D eigenvalue weighted by atomic mass is 32.2. The standard InChI is InChI=1S/C25H30N2O4S/c1-19(2)27-32(29,30)18-22-11-4-3-10-21(22)17-26-25(28)15-8-16-31-24-14-7-12-20-9-5-6-13-23(20)24/h3-7,9-14,19,27H,8,15-18H2,1-2H3,(H,26,28). The molecule has 0 saturated carbocycles. The molecule has 0 unspecified atom stereocenters. The largest absolute Gasteiger partial charge is 0.493 e. The number of hydrogen-bond donors (Lipinski definition) is 2. The van der Waals surface area contributed by atoms with E-state index in [0.717, 1.165) is 22.1 Å². The Morgan fingerprint density at radius 2 is 1.62 bits per heavy atom. The first kappa shape index (κ1) is 23.8. The number of benzene rings is 3. The molecule has 3 rings (SSSR count). The summed E-state index contributed by atoms with van der Waals surface area (Å²) in [4.78, 5) is 12.3. The lowest BCUT2D eigenvalue weighted by molar-refractivity contribution is -0.121. The van der Waals surface area contributed by atoms with Crippen LogP contribution in [0.15, 0.2) is 66.7 Å².